The highest BCUT2D eigenvalue weighted by atomic mass is 19.1. The Bertz CT molecular complexity index is 516. The molecule has 1 atom stereocenters. The van der Waals surface area contributed by atoms with Crippen molar-refractivity contribution in [2.24, 2.45) is 5.73 Å². The third-order valence-corrected chi connectivity index (χ3v) is 2.54. The predicted molar refractivity (Wildman–Crippen MR) is 63.2 cm³/mol. The van der Waals surface area contributed by atoms with E-state index >= 15 is 0 Å². The molecule has 0 aliphatic heterocycles. The minimum atomic E-state index is -0.450. The Labute approximate surface area is 99.1 Å². The van der Waals surface area contributed by atoms with E-state index < -0.39 is 6.04 Å². The van der Waals surface area contributed by atoms with Crippen LogP contribution in [0.3, 0.4) is 0 Å². The van der Waals surface area contributed by atoms with Gasteiger partial charge in [-0.05, 0) is 23.8 Å². The number of pyridine rings is 1. The molecule has 0 amide bonds. The molecule has 3 nitrogen and oxygen atoms in total. The molecule has 0 bridgehead atoms. The molecule has 1 heterocycles. The van der Waals surface area contributed by atoms with E-state index in [9.17, 15) is 4.39 Å². The summed E-state index contributed by atoms with van der Waals surface area (Å²) in [6.07, 6.45) is 1.63. The van der Waals surface area contributed by atoms with Crippen molar-refractivity contribution >= 4 is 0 Å². The number of nitrogens with two attached hydrogens (primary N) is 1. The molecule has 2 N–H and O–H groups in total. The van der Waals surface area contributed by atoms with Gasteiger partial charge in [-0.1, -0.05) is 18.2 Å². The summed E-state index contributed by atoms with van der Waals surface area (Å²) in [5, 5.41) is 0. The van der Waals surface area contributed by atoms with E-state index in [2.05, 4.69) is 4.98 Å². The number of halogens is 1. The van der Waals surface area contributed by atoms with Crippen molar-refractivity contribution in [3.8, 4) is 5.88 Å². The van der Waals surface area contributed by atoms with Crippen molar-refractivity contribution in [3.63, 3.8) is 0 Å². The number of aromatic nitrogens is 1. The summed E-state index contributed by atoms with van der Waals surface area (Å²) in [4.78, 5) is 4.07. The Balaban J connectivity index is 2.40. The molecule has 0 saturated carbocycles. The number of hydrogen-bond donors (Lipinski definition) is 1. The molecule has 0 radical (unpaired) electrons. The first kappa shape index (κ1) is 11.5. The summed E-state index contributed by atoms with van der Waals surface area (Å²) >= 11 is 0. The fourth-order valence-electron chi connectivity index (χ4n) is 1.69. The molecule has 0 fully saturated rings. The lowest BCUT2D eigenvalue weighted by atomic mass is 10.0. The average Bonchev–Trinajstić information content (AvgIpc) is 2.38. The number of hydrogen-bond acceptors (Lipinski definition) is 3. The molecule has 1 unspecified atom stereocenters. The molecule has 0 aliphatic carbocycles. The SMILES string of the molecule is COc1ncccc1C(N)c1cccc(F)c1. The van der Waals surface area contributed by atoms with Gasteiger partial charge in [0, 0.05) is 11.8 Å². The van der Waals surface area contributed by atoms with Crippen LogP contribution in [0.1, 0.15) is 17.2 Å². The average molecular weight is 232 g/mol. The summed E-state index contributed by atoms with van der Waals surface area (Å²) in [5.74, 6) is 0.157. The van der Waals surface area contributed by atoms with Gasteiger partial charge in [0.25, 0.3) is 0 Å². The Kier molecular flexibility index (Phi) is 3.35. The number of methoxy groups -OCH3 is 1. The Morgan fingerprint density at radius 1 is 1.29 bits per heavy atom. The van der Waals surface area contributed by atoms with Crippen LogP contribution in [0.5, 0.6) is 5.88 Å². The second-order valence-corrected chi connectivity index (χ2v) is 3.63. The van der Waals surface area contributed by atoms with Crippen LogP contribution in [0.4, 0.5) is 4.39 Å². The van der Waals surface area contributed by atoms with Crippen molar-refractivity contribution in [2.75, 3.05) is 7.11 Å². The molecule has 2 rings (SSSR count). The second kappa shape index (κ2) is 4.93. The van der Waals surface area contributed by atoms with Crippen LogP contribution >= 0.6 is 0 Å². The van der Waals surface area contributed by atoms with Crippen LogP contribution in [-0.4, -0.2) is 12.1 Å². The monoisotopic (exact) mass is 232 g/mol. The minimum Gasteiger partial charge on any atom is -0.481 e. The van der Waals surface area contributed by atoms with Gasteiger partial charge in [-0.25, -0.2) is 9.37 Å². The second-order valence-electron chi connectivity index (χ2n) is 3.63. The summed E-state index contributed by atoms with van der Waals surface area (Å²) in [6, 6.07) is 9.36. The first-order chi connectivity index (χ1) is 8.22. The lowest BCUT2D eigenvalue weighted by molar-refractivity contribution is 0.390. The maximum atomic E-state index is 13.1. The fourth-order valence-corrected chi connectivity index (χ4v) is 1.69. The van der Waals surface area contributed by atoms with Crippen molar-refractivity contribution in [1.29, 1.82) is 0 Å². The van der Waals surface area contributed by atoms with E-state index in [1.165, 1.54) is 19.2 Å². The zero-order valence-corrected chi connectivity index (χ0v) is 9.43. The van der Waals surface area contributed by atoms with Crippen LogP contribution in [-0.2, 0) is 0 Å². The first-order valence-electron chi connectivity index (χ1n) is 5.22. The quantitative estimate of drug-likeness (QED) is 0.883. The smallest absolute Gasteiger partial charge is 0.218 e. The Hall–Kier alpha value is -1.94. The van der Waals surface area contributed by atoms with Gasteiger partial charge in [-0.3, -0.25) is 0 Å². The summed E-state index contributed by atoms with van der Waals surface area (Å²) in [6.45, 7) is 0. The van der Waals surface area contributed by atoms with Crippen molar-refractivity contribution in [3.05, 3.63) is 59.5 Å². The lowest BCUT2D eigenvalue weighted by Gasteiger charge is -2.14. The molecule has 0 aliphatic rings. The van der Waals surface area contributed by atoms with Gasteiger partial charge in [0.2, 0.25) is 5.88 Å². The van der Waals surface area contributed by atoms with E-state index in [0.29, 0.717) is 11.4 Å². The normalized spacial score (nSPS) is 12.2. The van der Waals surface area contributed by atoms with Gasteiger partial charge >= 0.3 is 0 Å². The van der Waals surface area contributed by atoms with Gasteiger partial charge in [-0.15, -0.1) is 0 Å². The number of rotatable bonds is 3. The molecule has 0 spiro atoms. The molecular formula is C13H13FN2O. The number of nitrogens with zero attached hydrogens (tertiary/aromatic N) is 1. The Morgan fingerprint density at radius 2 is 2.12 bits per heavy atom. The summed E-state index contributed by atoms with van der Waals surface area (Å²) < 4.78 is 18.3. The van der Waals surface area contributed by atoms with Crippen LogP contribution in [0, 0.1) is 5.82 Å². The van der Waals surface area contributed by atoms with Crippen LogP contribution < -0.4 is 10.5 Å². The summed E-state index contributed by atoms with van der Waals surface area (Å²) in [7, 11) is 1.53. The highest BCUT2D eigenvalue weighted by molar-refractivity contribution is 5.36. The molecule has 4 heteroatoms. The van der Waals surface area contributed by atoms with Crippen molar-refractivity contribution in [2.45, 2.75) is 6.04 Å². The number of ether oxygens (including phenoxy) is 1. The highest BCUT2D eigenvalue weighted by Crippen LogP contribution is 2.26. The van der Waals surface area contributed by atoms with E-state index in [1.807, 2.05) is 6.07 Å². The maximum absolute atomic E-state index is 13.1. The highest BCUT2D eigenvalue weighted by Gasteiger charge is 2.14. The first-order valence-corrected chi connectivity index (χ1v) is 5.22. The van der Waals surface area contributed by atoms with Crippen molar-refractivity contribution in [1.82, 2.24) is 4.98 Å². The third kappa shape index (κ3) is 2.42. The standard InChI is InChI=1S/C13H13FN2O/c1-17-13-11(6-3-7-16-13)12(15)9-4-2-5-10(14)8-9/h2-8,12H,15H2,1H3. The van der Waals surface area contributed by atoms with E-state index in [-0.39, 0.29) is 5.82 Å². The topological polar surface area (TPSA) is 48.1 Å². The van der Waals surface area contributed by atoms with Gasteiger partial charge in [0.15, 0.2) is 0 Å². The van der Waals surface area contributed by atoms with Gasteiger partial charge in [0.05, 0.1) is 13.2 Å². The lowest BCUT2D eigenvalue weighted by Crippen LogP contribution is -2.13. The third-order valence-electron chi connectivity index (χ3n) is 2.54. The van der Waals surface area contributed by atoms with E-state index in [1.54, 1.807) is 24.4 Å². The van der Waals surface area contributed by atoms with Crippen LogP contribution in [0.15, 0.2) is 42.6 Å². The zero-order valence-electron chi connectivity index (χ0n) is 9.43. The molecule has 1 aromatic heterocycles. The van der Waals surface area contributed by atoms with E-state index in [4.69, 9.17) is 10.5 Å². The molecule has 88 valence electrons. The maximum Gasteiger partial charge on any atom is 0.218 e. The summed E-state index contributed by atoms with van der Waals surface area (Å²) in [5.41, 5.74) is 7.50. The number of benzene rings is 1. The van der Waals surface area contributed by atoms with Crippen LogP contribution in [0.2, 0.25) is 0 Å². The largest absolute Gasteiger partial charge is 0.481 e. The van der Waals surface area contributed by atoms with E-state index in [0.717, 1.165) is 5.56 Å². The molecule has 0 saturated heterocycles. The molecule has 1 aromatic carbocycles. The predicted octanol–water partition coefficient (Wildman–Crippen LogP) is 2.28. The Morgan fingerprint density at radius 3 is 2.82 bits per heavy atom. The molecular weight excluding hydrogens is 219 g/mol. The van der Waals surface area contributed by atoms with Gasteiger partial charge in [-0.2, -0.15) is 0 Å². The molecule has 17 heavy (non-hydrogen) atoms. The zero-order chi connectivity index (χ0) is 12.3. The van der Waals surface area contributed by atoms with Crippen molar-refractivity contribution < 1.29 is 9.13 Å². The van der Waals surface area contributed by atoms with Gasteiger partial charge in [0.1, 0.15) is 5.82 Å². The van der Waals surface area contributed by atoms with Gasteiger partial charge < -0.3 is 10.5 Å². The minimum absolute atomic E-state index is 0.305. The molecule has 2 aromatic rings. The van der Waals surface area contributed by atoms with Crippen LogP contribution in [0.25, 0.3) is 0 Å². The fraction of sp³-hybridized carbons (Fsp3) is 0.154.